The molecule has 27 heavy (non-hydrogen) atoms. The van der Waals surface area contributed by atoms with E-state index in [0.29, 0.717) is 10.3 Å². The lowest BCUT2D eigenvalue weighted by Gasteiger charge is -2.14. The molecule has 2 amide bonds. The van der Waals surface area contributed by atoms with Crippen LogP contribution in [0.5, 0.6) is 0 Å². The van der Waals surface area contributed by atoms with Gasteiger partial charge in [0, 0.05) is 21.7 Å². The topological polar surface area (TPSA) is 58.2 Å². The maximum atomic E-state index is 13.8. The minimum Gasteiger partial charge on any atom is -0.345 e. The summed E-state index contributed by atoms with van der Waals surface area (Å²) in [4.78, 5) is 24.8. The molecule has 138 valence electrons. The van der Waals surface area contributed by atoms with Gasteiger partial charge in [0.2, 0.25) is 5.91 Å². The van der Waals surface area contributed by atoms with Crippen molar-refractivity contribution in [3.05, 3.63) is 64.8 Å². The number of carbonyl (C=O) groups excluding carboxylic acids is 2. The lowest BCUT2D eigenvalue weighted by molar-refractivity contribution is -0.117. The molecule has 1 fully saturated rings. The standard InChI is InChI=1S/C21H19FN2O2S/c1-12(13-7-9-15(10-8-13)24-20(25)14-5-6-14)23-21(26)19-11-16-17(22)3-2-4-18(16)27-19/h2-4,7-12,14H,5-6H2,1H3,(H,23,26)(H,24,25). The van der Waals surface area contributed by atoms with Crippen molar-refractivity contribution in [2.45, 2.75) is 25.8 Å². The maximum absolute atomic E-state index is 13.8. The van der Waals surface area contributed by atoms with Gasteiger partial charge in [0.15, 0.2) is 0 Å². The van der Waals surface area contributed by atoms with E-state index in [1.54, 1.807) is 18.2 Å². The van der Waals surface area contributed by atoms with Crippen LogP contribution in [0.3, 0.4) is 0 Å². The van der Waals surface area contributed by atoms with Crippen molar-refractivity contribution in [3.8, 4) is 0 Å². The molecule has 0 saturated heterocycles. The van der Waals surface area contributed by atoms with Gasteiger partial charge in [-0.2, -0.15) is 0 Å². The third-order valence-electron chi connectivity index (χ3n) is 4.71. The molecule has 1 aliphatic carbocycles. The van der Waals surface area contributed by atoms with E-state index in [9.17, 15) is 14.0 Å². The van der Waals surface area contributed by atoms with Crippen molar-refractivity contribution in [2.75, 3.05) is 5.32 Å². The molecular weight excluding hydrogens is 363 g/mol. The van der Waals surface area contributed by atoms with Gasteiger partial charge in [0.05, 0.1) is 10.9 Å². The van der Waals surface area contributed by atoms with Crippen molar-refractivity contribution in [1.82, 2.24) is 5.32 Å². The first-order chi connectivity index (χ1) is 13.0. The van der Waals surface area contributed by atoms with Crippen molar-refractivity contribution < 1.29 is 14.0 Å². The van der Waals surface area contributed by atoms with E-state index in [0.717, 1.165) is 28.8 Å². The number of hydrogen-bond donors (Lipinski definition) is 2. The summed E-state index contributed by atoms with van der Waals surface area (Å²) in [6.07, 6.45) is 1.93. The Bertz CT molecular complexity index is 1010. The summed E-state index contributed by atoms with van der Waals surface area (Å²) in [5.41, 5.74) is 1.69. The average Bonchev–Trinajstić information content (AvgIpc) is 3.41. The molecule has 0 spiro atoms. The molecule has 1 unspecified atom stereocenters. The number of amides is 2. The van der Waals surface area contributed by atoms with Gasteiger partial charge in [-0.25, -0.2) is 4.39 Å². The highest BCUT2D eigenvalue weighted by Gasteiger charge is 2.29. The normalized spacial score (nSPS) is 14.7. The minimum absolute atomic E-state index is 0.0705. The van der Waals surface area contributed by atoms with Gasteiger partial charge in [-0.1, -0.05) is 18.2 Å². The van der Waals surface area contributed by atoms with Gasteiger partial charge < -0.3 is 10.6 Å². The number of anilines is 1. The summed E-state index contributed by atoms with van der Waals surface area (Å²) in [6.45, 7) is 1.89. The molecule has 2 aromatic carbocycles. The lowest BCUT2D eigenvalue weighted by atomic mass is 10.1. The molecule has 6 heteroatoms. The van der Waals surface area contributed by atoms with Gasteiger partial charge in [-0.15, -0.1) is 11.3 Å². The smallest absolute Gasteiger partial charge is 0.261 e. The molecule has 1 saturated carbocycles. The zero-order valence-electron chi connectivity index (χ0n) is 14.8. The number of benzene rings is 2. The van der Waals surface area contributed by atoms with E-state index >= 15 is 0 Å². The van der Waals surface area contributed by atoms with Crippen LogP contribution in [0, 0.1) is 11.7 Å². The van der Waals surface area contributed by atoms with E-state index < -0.39 is 0 Å². The Morgan fingerprint density at radius 1 is 1.15 bits per heavy atom. The summed E-state index contributed by atoms with van der Waals surface area (Å²) in [5.74, 6) is -0.316. The van der Waals surface area contributed by atoms with Gasteiger partial charge in [0.1, 0.15) is 5.82 Å². The molecular formula is C21H19FN2O2S. The Morgan fingerprint density at radius 2 is 1.89 bits per heavy atom. The molecule has 1 atom stereocenters. The van der Waals surface area contributed by atoms with Crippen molar-refractivity contribution >= 4 is 38.9 Å². The van der Waals surface area contributed by atoms with Crippen molar-refractivity contribution in [1.29, 1.82) is 0 Å². The van der Waals surface area contributed by atoms with E-state index in [1.807, 2.05) is 31.2 Å². The van der Waals surface area contributed by atoms with Gasteiger partial charge in [0.25, 0.3) is 5.91 Å². The summed E-state index contributed by atoms with van der Waals surface area (Å²) in [6, 6.07) is 13.7. The zero-order valence-corrected chi connectivity index (χ0v) is 15.6. The summed E-state index contributed by atoms with van der Waals surface area (Å²) < 4.78 is 14.6. The summed E-state index contributed by atoms with van der Waals surface area (Å²) >= 11 is 1.28. The fourth-order valence-electron chi connectivity index (χ4n) is 2.93. The van der Waals surface area contributed by atoms with Crippen LogP contribution in [-0.4, -0.2) is 11.8 Å². The molecule has 0 aliphatic heterocycles. The highest BCUT2D eigenvalue weighted by molar-refractivity contribution is 7.20. The first kappa shape index (κ1) is 17.7. The highest BCUT2D eigenvalue weighted by atomic mass is 32.1. The molecule has 1 heterocycles. The molecule has 4 nitrogen and oxygen atoms in total. The van der Waals surface area contributed by atoms with Gasteiger partial charge >= 0.3 is 0 Å². The van der Waals surface area contributed by atoms with Crippen LogP contribution in [0.1, 0.15) is 41.0 Å². The van der Waals surface area contributed by atoms with Crippen LogP contribution in [0.2, 0.25) is 0 Å². The number of rotatable bonds is 5. The van der Waals surface area contributed by atoms with E-state index in [1.165, 1.54) is 17.4 Å². The Morgan fingerprint density at radius 3 is 2.56 bits per heavy atom. The van der Waals surface area contributed by atoms with Gasteiger partial charge in [-0.3, -0.25) is 9.59 Å². The van der Waals surface area contributed by atoms with Crippen LogP contribution in [0.25, 0.3) is 10.1 Å². The summed E-state index contributed by atoms with van der Waals surface area (Å²) in [5, 5.41) is 6.31. The highest BCUT2D eigenvalue weighted by Crippen LogP contribution is 2.30. The molecule has 0 radical (unpaired) electrons. The Kier molecular flexibility index (Phi) is 4.66. The average molecular weight is 382 g/mol. The SMILES string of the molecule is CC(NC(=O)c1cc2c(F)cccc2s1)c1ccc(NC(=O)C2CC2)cc1. The molecule has 0 bridgehead atoms. The fraction of sp³-hybridized carbons (Fsp3) is 0.238. The Balaban J connectivity index is 1.42. The molecule has 1 aliphatic rings. The van der Waals surface area contributed by atoms with Crippen LogP contribution >= 0.6 is 11.3 Å². The number of thiophene rings is 1. The van der Waals surface area contributed by atoms with E-state index in [-0.39, 0.29) is 29.6 Å². The molecule has 4 rings (SSSR count). The zero-order chi connectivity index (χ0) is 19.0. The van der Waals surface area contributed by atoms with E-state index in [2.05, 4.69) is 10.6 Å². The van der Waals surface area contributed by atoms with Crippen LogP contribution in [0.15, 0.2) is 48.5 Å². The van der Waals surface area contributed by atoms with Crippen molar-refractivity contribution in [2.24, 2.45) is 5.92 Å². The number of nitrogens with one attached hydrogen (secondary N) is 2. The Labute approximate surface area is 160 Å². The minimum atomic E-state index is -0.320. The second-order valence-corrected chi connectivity index (χ2v) is 7.93. The molecule has 2 N–H and O–H groups in total. The molecule has 1 aromatic heterocycles. The van der Waals surface area contributed by atoms with E-state index in [4.69, 9.17) is 0 Å². The number of fused-ring (bicyclic) bond motifs is 1. The third kappa shape index (κ3) is 3.85. The number of hydrogen-bond acceptors (Lipinski definition) is 3. The lowest BCUT2D eigenvalue weighted by Crippen LogP contribution is -2.25. The predicted octanol–water partition coefficient (Wildman–Crippen LogP) is 4.88. The maximum Gasteiger partial charge on any atom is 0.261 e. The Hall–Kier alpha value is -2.73. The predicted molar refractivity (Wildman–Crippen MR) is 105 cm³/mol. The fourth-order valence-corrected chi connectivity index (χ4v) is 3.91. The molecule has 3 aromatic rings. The first-order valence-electron chi connectivity index (χ1n) is 8.91. The largest absolute Gasteiger partial charge is 0.345 e. The van der Waals surface area contributed by atoms with Crippen molar-refractivity contribution in [3.63, 3.8) is 0 Å². The third-order valence-corrected chi connectivity index (χ3v) is 5.81. The number of carbonyl (C=O) groups is 2. The van der Waals surface area contributed by atoms with Gasteiger partial charge in [-0.05, 0) is 55.7 Å². The second-order valence-electron chi connectivity index (χ2n) is 6.84. The second kappa shape index (κ2) is 7.12. The van der Waals surface area contributed by atoms with Crippen LogP contribution < -0.4 is 10.6 Å². The number of halogens is 1. The first-order valence-corrected chi connectivity index (χ1v) is 9.72. The van der Waals surface area contributed by atoms with Crippen LogP contribution in [-0.2, 0) is 4.79 Å². The quantitative estimate of drug-likeness (QED) is 0.661. The summed E-state index contributed by atoms with van der Waals surface area (Å²) in [7, 11) is 0. The monoisotopic (exact) mass is 382 g/mol. The van der Waals surface area contributed by atoms with Crippen LogP contribution in [0.4, 0.5) is 10.1 Å².